The molecule has 0 unspecified atom stereocenters. The summed E-state index contributed by atoms with van der Waals surface area (Å²) in [6, 6.07) is 0.633. The Morgan fingerprint density at radius 3 is 2.07 bits per heavy atom. The number of fused-ring (bicyclic) bond motifs is 2. The maximum Gasteiger partial charge on any atom is 0.211 e. The van der Waals surface area contributed by atoms with Crippen LogP contribution < -0.4 is 0 Å². The molecule has 5 heteroatoms. The third-order valence-corrected chi connectivity index (χ3v) is 4.78. The first kappa shape index (κ1) is 11.4. The van der Waals surface area contributed by atoms with Crippen LogP contribution in [0.5, 0.6) is 0 Å². The van der Waals surface area contributed by atoms with Gasteiger partial charge in [-0.25, -0.2) is 8.42 Å². The Hall–Kier alpha value is -0.130. The van der Waals surface area contributed by atoms with E-state index in [1.165, 1.54) is 6.26 Å². The molecule has 0 N–H and O–H groups in total. The number of likely N-dealkylation sites (tertiary alicyclic amines) is 1. The van der Waals surface area contributed by atoms with Gasteiger partial charge in [-0.05, 0) is 27.2 Å². The van der Waals surface area contributed by atoms with Gasteiger partial charge in [0, 0.05) is 30.7 Å². The fraction of sp³-hybridized carbons (Fsp3) is 1.00. The van der Waals surface area contributed by atoms with E-state index in [1.807, 2.05) is 0 Å². The molecule has 0 aromatic heterocycles. The molecule has 15 heavy (non-hydrogen) atoms. The summed E-state index contributed by atoms with van der Waals surface area (Å²) in [7, 11) is -3.00. The minimum Gasteiger partial charge on any atom is -0.293 e. The van der Waals surface area contributed by atoms with E-state index in [4.69, 9.17) is 0 Å². The zero-order valence-corrected chi connectivity index (χ0v) is 10.7. The van der Waals surface area contributed by atoms with Crippen LogP contribution in [0.2, 0.25) is 0 Å². The highest BCUT2D eigenvalue weighted by molar-refractivity contribution is 7.88. The van der Waals surface area contributed by atoms with Crippen LogP contribution in [0.1, 0.15) is 27.2 Å². The van der Waals surface area contributed by atoms with Crippen LogP contribution in [0.25, 0.3) is 0 Å². The minimum absolute atomic E-state index is 0.156. The fourth-order valence-electron chi connectivity index (χ4n) is 2.86. The molecular formula is C10H20N2O2S. The molecule has 2 heterocycles. The van der Waals surface area contributed by atoms with E-state index >= 15 is 0 Å². The highest BCUT2D eigenvalue weighted by Gasteiger charge is 2.49. The maximum absolute atomic E-state index is 11.5. The highest BCUT2D eigenvalue weighted by Crippen LogP contribution is 2.36. The summed E-state index contributed by atoms with van der Waals surface area (Å²) < 4.78 is 24.6. The van der Waals surface area contributed by atoms with Crippen molar-refractivity contribution >= 4 is 10.0 Å². The van der Waals surface area contributed by atoms with E-state index in [1.54, 1.807) is 4.31 Å². The second-order valence-corrected chi connectivity index (χ2v) is 7.63. The normalized spacial score (nSPS) is 33.9. The van der Waals surface area contributed by atoms with E-state index in [2.05, 4.69) is 25.7 Å². The minimum atomic E-state index is -3.00. The molecule has 0 amide bonds. The Labute approximate surface area is 92.3 Å². The number of nitrogens with zero attached hydrogens (tertiary/aromatic N) is 2. The van der Waals surface area contributed by atoms with Crippen LogP contribution in [0, 0.1) is 0 Å². The van der Waals surface area contributed by atoms with Gasteiger partial charge in [-0.3, -0.25) is 4.90 Å². The summed E-state index contributed by atoms with van der Waals surface area (Å²) in [4.78, 5) is 2.43. The van der Waals surface area contributed by atoms with Gasteiger partial charge in [0.2, 0.25) is 10.0 Å². The van der Waals surface area contributed by atoms with Crippen LogP contribution in [0.3, 0.4) is 0 Å². The molecule has 88 valence electrons. The Morgan fingerprint density at radius 1 is 1.13 bits per heavy atom. The van der Waals surface area contributed by atoms with E-state index < -0.39 is 10.0 Å². The summed E-state index contributed by atoms with van der Waals surface area (Å²) in [6.07, 6.45) is 2.32. The van der Waals surface area contributed by atoms with Crippen molar-refractivity contribution in [1.29, 1.82) is 0 Å². The van der Waals surface area contributed by atoms with Gasteiger partial charge in [0.25, 0.3) is 0 Å². The van der Waals surface area contributed by atoms with Crippen molar-refractivity contribution in [3.63, 3.8) is 0 Å². The van der Waals surface area contributed by atoms with Crippen molar-refractivity contribution in [2.24, 2.45) is 0 Å². The van der Waals surface area contributed by atoms with Crippen LogP contribution in [-0.4, -0.2) is 54.6 Å². The number of sulfonamides is 1. The molecule has 2 aliphatic rings. The summed E-state index contributed by atoms with van der Waals surface area (Å²) in [5, 5.41) is 0. The molecule has 0 radical (unpaired) electrons. The standard InChI is InChI=1S/C10H20N2O2S/c1-10(2,3)11-6-9-5-8(11)7-12(9)15(4,13)14/h8-9H,5-7H2,1-4H3/t8-,9-/m1/s1. The predicted molar refractivity (Wildman–Crippen MR) is 60.2 cm³/mol. The van der Waals surface area contributed by atoms with Gasteiger partial charge in [0.05, 0.1) is 6.26 Å². The summed E-state index contributed by atoms with van der Waals surface area (Å²) in [5.74, 6) is 0. The van der Waals surface area contributed by atoms with Crippen molar-refractivity contribution in [3.05, 3.63) is 0 Å². The Bertz CT molecular complexity index is 358. The first-order chi connectivity index (χ1) is 6.69. The third-order valence-electron chi connectivity index (χ3n) is 3.48. The van der Waals surface area contributed by atoms with Gasteiger partial charge in [0.1, 0.15) is 0 Å². The van der Waals surface area contributed by atoms with Crippen molar-refractivity contribution in [3.8, 4) is 0 Å². The average molecular weight is 232 g/mol. The average Bonchev–Trinajstić information content (AvgIpc) is 2.57. The van der Waals surface area contributed by atoms with Crippen molar-refractivity contribution in [2.45, 2.75) is 44.8 Å². The summed E-state index contributed by atoms with van der Waals surface area (Å²) >= 11 is 0. The Morgan fingerprint density at radius 2 is 1.73 bits per heavy atom. The lowest BCUT2D eigenvalue weighted by Gasteiger charge is -2.41. The quantitative estimate of drug-likeness (QED) is 0.661. The lowest BCUT2D eigenvalue weighted by molar-refractivity contribution is 0.0841. The highest BCUT2D eigenvalue weighted by atomic mass is 32.2. The Kier molecular flexibility index (Phi) is 2.41. The predicted octanol–water partition coefficient (Wildman–Crippen LogP) is 0.503. The zero-order chi connectivity index (χ0) is 11.4. The second-order valence-electron chi connectivity index (χ2n) is 5.70. The largest absolute Gasteiger partial charge is 0.293 e. The summed E-state index contributed by atoms with van der Waals surface area (Å²) in [6.45, 7) is 8.15. The zero-order valence-electron chi connectivity index (χ0n) is 9.90. The molecule has 2 fully saturated rings. The van der Waals surface area contributed by atoms with Crippen LogP contribution in [0.4, 0.5) is 0 Å². The Balaban J connectivity index is 2.14. The molecule has 2 saturated heterocycles. The van der Waals surface area contributed by atoms with Gasteiger partial charge >= 0.3 is 0 Å². The SMILES string of the molecule is CC(C)(C)N1C[C@H]2C[C@@H]1CN2S(C)(=O)=O. The van der Waals surface area contributed by atoms with Gasteiger partial charge in [-0.15, -0.1) is 0 Å². The maximum atomic E-state index is 11.5. The van der Waals surface area contributed by atoms with Crippen LogP contribution in [0.15, 0.2) is 0 Å². The molecule has 2 aliphatic heterocycles. The molecule has 2 bridgehead atoms. The topological polar surface area (TPSA) is 40.6 Å². The van der Waals surface area contributed by atoms with Gasteiger partial charge < -0.3 is 0 Å². The van der Waals surface area contributed by atoms with Crippen LogP contribution in [-0.2, 0) is 10.0 Å². The van der Waals surface area contributed by atoms with Gasteiger partial charge in [-0.1, -0.05) is 0 Å². The van der Waals surface area contributed by atoms with Gasteiger partial charge in [-0.2, -0.15) is 4.31 Å². The van der Waals surface area contributed by atoms with E-state index in [9.17, 15) is 8.42 Å². The molecule has 0 aliphatic carbocycles. The van der Waals surface area contributed by atoms with E-state index in [-0.39, 0.29) is 11.6 Å². The lowest BCUT2D eigenvalue weighted by atomic mass is 10.0. The molecule has 2 rings (SSSR count). The van der Waals surface area contributed by atoms with Crippen molar-refractivity contribution in [2.75, 3.05) is 19.3 Å². The molecule has 0 aromatic rings. The third kappa shape index (κ3) is 1.92. The molecule has 0 spiro atoms. The van der Waals surface area contributed by atoms with Crippen molar-refractivity contribution < 1.29 is 8.42 Å². The first-order valence-corrected chi connectivity index (χ1v) is 7.28. The smallest absolute Gasteiger partial charge is 0.211 e. The number of rotatable bonds is 1. The van der Waals surface area contributed by atoms with E-state index in [0.29, 0.717) is 12.6 Å². The molecular weight excluding hydrogens is 212 g/mol. The molecule has 2 atom stereocenters. The monoisotopic (exact) mass is 232 g/mol. The molecule has 0 aromatic carbocycles. The number of hydrogen-bond donors (Lipinski definition) is 0. The van der Waals surface area contributed by atoms with Crippen LogP contribution >= 0.6 is 0 Å². The molecule has 4 nitrogen and oxygen atoms in total. The van der Waals surface area contributed by atoms with Gasteiger partial charge in [0.15, 0.2) is 0 Å². The fourth-order valence-corrected chi connectivity index (χ4v) is 4.00. The summed E-state index contributed by atoms with van der Waals surface area (Å²) in [5.41, 5.74) is 0.156. The lowest BCUT2D eigenvalue weighted by Crippen LogP contribution is -2.54. The second kappa shape index (κ2) is 3.18. The molecule has 0 saturated carbocycles. The van der Waals surface area contributed by atoms with E-state index in [0.717, 1.165) is 13.0 Å². The van der Waals surface area contributed by atoms with Crippen molar-refractivity contribution in [1.82, 2.24) is 9.21 Å². The first-order valence-electron chi connectivity index (χ1n) is 5.43. The number of piperazine rings is 1. The number of hydrogen-bond acceptors (Lipinski definition) is 3.